The van der Waals surface area contributed by atoms with Gasteiger partial charge in [0, 0.05) is 18.5 Å². The van der Waals surface area contributed by atoms with Gasteiger partial charge in [0.1, 0.15) is 0 Å². The number of hydrogen-bond acceptors (Lipinski definition) is 1. The van der Waals surface area contributed by atoms with E-state index in [2.05, 4.69) is 19.7 Å². The number of hydrogen-bond donors (Lipinski definition) is 0. The predicted molar refractivity (Wildman–Crippen MR) is 66.6 cm³/mol. The Kier molecular flexibility index (Phi) is 5.79. The van der Waals surface area contributed by atoms with Crippen LogP contribution in [0.2, 0.25) is 0 Å². The highest BCUT2D eigenvalue weighted by Crippen LogP contribution is 2.48. The summed E-state index contributed by atoms with van der Waals surface area (Å²) in [6, 6.07) is 0. The first kappa shape index (κ1) is 13.4. The van der Waals surface area contributed by atoms with E-state index in [9.17, 15) is 4.57 Å². The van der Waals surface area contributed by atoms with E-state index >= 15 is 0 Å². The second kappa shape index (κ2) is 6.03. The molecule has 0 saturated heterocycles. The van der Waals surface area contributed by atoms with Gasteiger partial charge in [-0.25, -0.2) is 0 Å². The van der Waals surface area contributed by atoms with E-state index < -0.39 is 7.14 Å². The largest absolute Gasteiger partial charge is 0.323 e. The van der Waals surface area contributed by atoms with Gasteiger partial charge in [-0.15, -0.1) is 6.58 Å². The van der Waals surface area contributed by atoms with Gasteiger partial charge >= 0.3 is 0 Å². The Bertz CT molecular complexity index is 256. The average molecular weight is 212 g/mol. The van der Waals surface area contributed by atoms with E-state index in [0.29, 0.717) is 12.3 Å². The zero-order valence-electron chi connectivity index (χ0n) is 9.38. The molecule has 0 aliphatic rings. The van der Waals surface area contributed by atoms with Gasteiger partial charge < -0.3 is 4.57 Å². The summed E-state index contributed by atoms with van der Waals surface area (Å²) in [5.74, 6) is 0. The normalized spacial score (nSPS) is 11.0. The van der Waals surface area contributed by atoms with Crippen molar-refractivity contribution < 1.29 is 4.57 Å². The molecule has 80 valence electrons. The lowest BCUT2D eigenvalue weighted by atomic mass is 10.4. The van der Waals surface area contributed by atoms with Crippen LogP contribution in [0.1, 0.15) is 20.3 Å². The van der Waals surface area contributed by atoms with E-state index in [-0.39, 0.29) is 0 Å². The third kappa shape index (κ3) is 5.99. The molecule has 2 heteroatoms. The molecule has 0 saturated carbocycles. The molecular weight excluding hydrogens is 191 g/mol. The maximum absolute atomic E-state index is 12.4. The Hall–Kier alpha value is -0.550. The molecule has 1 nitrogen and oxygen atoms in total. The predicted octanol–water partition coefficient (Wildman–Crippen LogP) is 4.08. The van der Waals surface area contributed by atoms with Crippen molar-refractivity contribution in [3.05, 3.63) is 37.0 Å². The molecule has 0 N–H and O–H groups in total. The van der Waals surface area contributed by atoms with Crippen LogP contribution in [0.3, 0.4) is 0 Å². The summed E-state index contributed by atoms with van der Waals surface area (Å²) in [5.41, 5.74) is 2.00. The molecule has 0 aromatic heterocycles. The summed E-state index contributed by atoms with van der Waals surface area (Å²) in [6.07, 6.45) is 4.67. The molecule has 0 bridgehead atoms. The first-order chi connectivity index (χ1) is 6.39. The summed E-state index contributed by atoms with van der Waals surface area (Å²) in [4.78, 5) is 0. The topological polar surface area (TPSA) is 17.1 Å². The summed E-state index contributed by atoms with van der Waals surface area (Å²) >= 11 is 0. The fourth-order valence-electron chi connectivity index (χ4n) is 1.52. The molecule has 14 heavy (non-hydrogen) atoms. The van der Waals surface area contributed by atoms with E-state index in [1.807, 2.05) is 19.9 Å². The van der Waals surface area contributed by atoms with Crippen molar-refractivity contribution in [1.82, 2.24) is 0 Å². The highest BCUT2D eigenvalue weighted by molar-refractivity contribution is 7.64. The van der Waals surface area contributed by atoms with Gasteiger partial charge in [0.2, 0.25) is 0 Å². The molecule has 0 aliphatic heterocycles. The molecule has 0 aromatic carbocycles. The monoisotopic (exact) mass is 212 g/mol. The molecule has 0 heterocycles. The minimum absolute atomic E-state index is 0.647. The van der Waals surface area contributed by atoms with E-state index in [0.717, 1.165) is 23.7 Å². The molecule has 0 rings (SSSR count). The zero-order valence-corrected chi connectivity index (χ0v) is 10.3. The third-order valence-corrected chi connectivity index (χ3v) is 5.16. The molecule has 0 fully saturated rings. The van der Waals surface area contributed by atoms with Crippen LogP contribution < -0.4 is 0 Å². The van der Waals surface area contributed by atoms with E-state index in [1.165, 1.54) is 0 Å². The number of rotatable bonds is 7. The van der Waals surface area contributed by atoms with Gasteiger partial charge in [-0.2, -0.15) is 0 Å². The van der Waals surface area contributed by atoms with Crippen LogP contribution in [0.15, 0.2) is 37.0 Å². The van der Waals surface area contributed by atoms with Gasteiger partial charge in [-0.1, -0.05) is 30.4 Å². The molecule has 0 aliphatic carbocycles. The van der Waals surface area contributed by atoms with Gasteiger partial charge in [0.25, 0.3) is 0 Å². The third-order valence-electron chi connectivity index (χ3n) is 1.86. The maximum atomic E-state index is 12.4. The Morgan fingerprint density at radius 1 is 1.21 bits per heavy atom. The second-order valence-electron chi connectivity index (χ2n) is 4.09. The fourth-order valence-corrected chi connectivity index (χ4v) is 4.57. The molecule has 0 atom stereocenters. The van der Waals surface area contributed by atoms with E-state index in [1.54, 1.807) is 0 Å². The van der Waals surface area contributed by atoms with Crippen LogP contribution >= 0.6 is 7.14 Å². The van der Waals surface area contributed by atoms with Crippen molar-refractivity contribution in [2.45, 2.75) is 20.3 Å². The first-order valence-corrected chi connectivity index (χ1v) is 7.12. The van der Waals surface area contributed by atoms with Crippen LogP contribution in [0.25, 0.3) is 0 Å². The highest BCUT2D eigenvalue weighted by atomic mass is 31.2. The zero-order chi connectivity index (χ0) is 11.2. The summed E-state index contributed by atoms with van der Waals surface area (Å²) < 4.78 is 12.4. The summed E-state index contributed by atoms with van der Waals surface area (Å²) in [6.45, 7) is 15.2. The Balaban J connectivity index is 4.48. The SMILES string of the molecule is C=CCCP(=O)(CC(=C)C)CC(=C)C. The fraction of sp³-hybridized carbons (Fsp3) is 0.500. The van der Waals surface area contributed by atoms with Crippen molar-refractivity contribution in [2.24, 2.45) is 0 Å². The van der Waals surface area contributed by atoms with Crippen LogP contribution in [-0.4, -0.2) is 18.5 Å². The van der Waals surface area contributed by atoms with Gasteiger partial charge in [-0.3, -0.25) is 0 Å². The molecule has 0 amide bonds. The van der Waals surface area contributed by atoms with Gasteiger partial charge in [-0.05, 0) is 20.3 Å². The maximum Gasteiger partial charge on any atom is 0.0957 e. The van der Waals surface area contributed by atoms with Gasteiger partial charge in [0.15, 0.2) is 0 Å². The van der Waals surface area contributed by atoms with Crippen LogP contribution in [0, 0.1) is 0 Å². The van der Waals surface area contributed by atoms with Crippen molar-refractivity contribution in [3.63, 3.8) is 0 Å². The minimum atomic E-state index is -2.12. The second-order valence-corrected chi connectivity index (χ2v) is 7.29. The Labute approximate surface area is 88.0 Å². The first-order valence-electron chi connectivity index (χ1n) is 4.86. The Morgan fingerprint density at radius 3 is 1.93 bits per heavy atom. The van der Waals surface area contributed by atoms with Crippen LogP contribution in [-0.2, 0) is 4.57 Å². The van der Waals surface area contributed by atoms with Crippen molar-refractivity contribution in [3.8, 4) is 0 Å². The summed E-state index contributed by atoms with van der Waals surface area (Å²) in [7, 11) is -2.12. The molecule has 0 unspecified atom stereocenters. The van der Waals surface area contributed by atoms with Crippen molar-refractivity contribution >= 4 is 7.14 Å². The molecule has 0 spiro atoms. The average Bonchev–Trinajstić information content (AvgIpc) is 1.97. The van der Waals surface area contributed by atoms with Crippen LogP contribution in [0.4, 0.5) is 0 Å². The van der Waals surface area contributed by atoms with Crippen molar-refractivity contribution in [2.75, 3.05) is 18.5 Å². The van der Waals surface area contributed by atoms with E-state index in [4.69, 9.17) is 0 Å². The quantitative estimate of drug-likeness (QED) is 0.459. The lowest BCUT2D eigenvalue weighted by molar-refractivity contribution is 0.577. The smallest absolute Gasteiger partial charge is 0.0957 e. The summed E-state index contributed by atoms with van der Waals surface area (Å²) in [5, 5.41) is 0. The molecule has 0 radical (unpaired) electrons. The van der Waals surface area contributed by atoms with Gasteiger partial charge in [0.05, 0.1) is 7.14 Å². The minimum Gasteiger partial charge on any atom is -0.323 e. The Morgan fingerprint density at radius 2 is 1.64 bits per heavy atom. The molecule has 0 aromatic rings. The lowest BCUT2D eigenvalue weighted by Crippen LogP contribution is -2.01. The van der Waals surface area contributed by atoms with Crippen LogP contribution in [0.5, 0.6) is 0 Å². The lowest BCUT2D eigenvalue weighted by Gasteiger charge is -2.17. The van der Waals surface area contributed by atoms with Crippen molar-refractivity contribution in [1.29, 1.82) is 0 Å². The standard InChI is InChI=1S/C12H21OP/c1-6-7-8-14(13,9-11(2)3)10-12(4)5/h6H,1-2,4,7-10H2,3,5H3. The highest BCUT2D eigenvalue weighted by Gasteiger charge is 2.20. The number of allylic oxidation sites excluding steroid dienone is 3. The molecular formula is C12H21OP.